The Balaban J connectivity index is 2.04. The van der Waals surface area contributed by atoms with Crippen molar-refractivity contribution in [3.63, 3.8) is 0 Å². The Hall–Kier alpha value is -1.40. The number of carboxylic acids is 1. The third-order valence-corrected chi connectivity index (χ3v) is 5.03. The van der Waals surface area contributed by atoms with Crippen LogP contribution in [0.5, 0.6) is 0 Å². The number of aliphatic carboxylic acids is 1. The molecule has 1 aliphatic heterocycles. The van der Waals surface area contributed by atoms with Crippen molar-refractivity contribution in [2.45, 2.75) is 26.7 Å². The van der Waals surface area contributed by atoms with Crippen LogP contribution in [0, 0.1) is 19.3 Å². The number of thiophene rings is 1. The lowest BCUT2D eigenvalue weighted by molar-refractivity contribution is -0.154. The zero-order valence-corrected chi connectivity index (χ0v) is 12.5. The van der Waals surface area contributed by atoms with Crippen molar-refractivity contribution in [2.75, 3.05) is 19.8 Å². The molecule has 0 spiro atoms. The minimum absolute atomic E-state index is 0.152. The summed E-state index contributed by atoms with van der Waals surface area (Å²) in [6, 6.07) is 0. The molecular weight excluding hydrogens is 278 g/mol. The van der Waals surface area contributed by atoms with Crippen LogP contribution in [0.1, 0.15) is 33.6 Å². The van der Waals surface area contributed by atoms with E-state index >= 15 is 0 Å². The summed E-state index contributed by atoms with van der Waals surface area (Å²) < 4.78 is 5.21. The molecule has 2 rings (SSSR count). The van der Waals surface area contributed by atoms with E-state index in [0.717, 1.165) is 10.4 Å². The third kappa shape index (κ3) is 2.86. The fraction of sp³-hybridized carbons (Fsp3) is 0.571. The summed E-state index contributed by atoms with van der Waals surface area (Å²) in [5, 5.41) is 14.0. The molecular formula is C14H19NO4S. The Morgan fingerprint density at radius 3 is 2.55 bits per heavy atom. The molecule has 110 valence electrons. The standard InChI is InChI=1S/C14H19NO4S/c1-9-10(2)20-7-11(9)12(16)15-8-14(13(17)18)3-5-19-6-4-14/h7H,3-6,8H2,1-2H3,(H,15,16)(H,17,18). The highest BCUT2D eigenvalue weighted by atomic mass is 32.1. The summed E-state index contributed by atoms with van der Waals surface area (Å²) in [5.41, 5.74) is 0.705. The number of aryl methyl sites for hydroxylation is 1. The summed E-state index contributed by atoms with van der Waals surface area (Å²) in [5.74, 6) is -1.06. The van der Waals surface area contributed by atoms with Crippen molar-refractivity contribution in [3.8, 4) is 0 Å². The molecule has 6 heteroatoms. The van der Waals surface area contributed by atoms with Crippen LogP contribution in [0.15, 0.2) is 5.38 Å². The number of carboxylic acid groups (broad SMARTS) is 1. The van der Waals surface area contributed by atoms with Crippen LogP contribution in [0.4, 0.5) is 0 Å². The van der Waals surface area contributed by atoms with Crippen molar-refractivity contribution in [1.82, 2.24) is 5.32 Å². The van der Waals surface area contributed by atoms with Gasteiger partial charge in [0.05, 0.1) is 11.0 Å². The van der Waals surface area contributed by atoms with Crippen molar-refractivity contribution >= 4 is 23.2 Å². The Labute approximate surface area is 121 Å². The number of nitrogens with one attached hydrogen (secondary N) is 1. The average Bonchev–Trinajstić information content (AvgIpc) is 2.77. The van der Waals surface area contributed by atoms with Crippen molar-refractivity contribution < 1.29 is 19.4 Å². The molecule has 0 aromatic carbocycles. The van der Waals surface area contributed by atoms with Gasteiger partial charge in [0.1, 0.15) is 0 Å². The van der Waals surface area contributed by atoms with Crippen LogP contribution in [-0.4, -0.2) is 36.7 Å². The maximum Gasteiger partial charge on any atom is 0.311 e. The van der Waals surface area contributed by atoms with E-state index in [2.05, 4.69) is 5.32 Å². The van der Waals surface area contributed by atoms with Crippen LogP contribution in [-0.2, 0) is 9.53 Å². The maximum atomic E-state index is 12.2. The van der Waals surface area contributed by atoms with E-state index in [1.807, 2.05) is 19.2 Å². The van der Waals surface area contributed by atoms with E-state index in [1.165, 1.54) is 11.3 Å². The largest absolute Gasteiger partial charge is 0.481 e. The molecule has 1 amide bonds. The summed E-state index contributed by atoms with van der Waals surface area (Å²) in [4.78, 5) is 24.8. The van der Waals surface area contributed by atoms with Gasteiger partial charge in [-0.1, -0.05) is 0 Å². The predicted octanol–water partition coefficient (Wildman–Crippen LogP) is 1.98. The molecule has 20 heavy (non-hydrogen) atoms. The zero-order valence-electron chi connectivity index (χ0n) is 11.7. The maximum absolute atomic E-state index is 12.2. The molecule has 1 aromatic rings. The molecule has 1 saturated heterocycles. The number of hydrogen-bond donors (Lipinski definition) is 2. The molecule has 0 radical (unpaired) electrons. The Kier molecular flexibility index (Phi) is 4.45. The fourth-order valence-electron chi connectivity index (χ4n) is 2.31. The zero-order chi connectivity index (χ0) is 14.8. The van der Waals surface area contributed by atoms with Gasteiger partial charge in [-0.15, -0.1) is 11.3 Å². The number of carbonyl (C=O) groups excluding carboxylic acids is 1. The highest BCUT2D eigenvalue weighted by molar-refractivity contribution is 7.10. The van der Waals surface area contributed by atoms with Gasteiger partial charge in [-0.05, 0) is 32.3 Å². The number of hydrogen-bond acceptors (Lipinski definition) is 4. The van der Waals surface area contributed by atoms with E-state index in [4.69, 9.17) is 4.74 Å². The highest BCUT2D eigenvalue weighted by Crippen LogP contribution is 2.30. The van der Waals surface area contributed by atoms with Crippen LogP contribution >= 0.6 is 11.3 Å². The molecule has 5 nitrogen and oxygen atoms in total. The first kappa shape index (κ1) is 15.0. The van der Waals surface area contributed by atoms with Crippen molar-refractivity contribution in [2.24, 2.45) is 5.41 Å². The second kappa shape index (κ2) is 5.93. The van der Waals surface area contributed by atoms with Gasteiger partial charge in [0.15, 0.2) is 0 Å². The summed E-state index contributed by atoms with van der Waals surface area (Å²) in [6.07, 6.45) is 0.870. The lowest BCUT2D eigenvalue weighted by Gasteiger charge is -2.33. The lowest BCUT2D eigenvalue weighted by atomic mass is 9.80. The molecule has 0 unspecified atom stereocenters. The second-order valence-electron chi connectivity index (χ2n) is 5.21. The van der Waals surface area contributed by atoms with Gasteiger partial charge >= 0.3 is 5.97 Å². The molecule has 0 bridgehead atoms. The van der Waals surface area contributed by atoms with Gasteiger partial charge in [0.25, 0.3) is 5.91 Å². The smallest absolute Gasteiger partial charge is 0.311 e. The van der Waals surface area contributed by atoms with Gasteiger partial charge in [-0.25, -0.2) is 0 Å². The van der Waals surface area contributed by atoms with E-state index < -0.39 is 11.4 Å². The normalized spacial score (nSPS) is 17.7. The molecule has 1 aliphatic rings. The Bertz CT molecular complexity index is 517. The minimum atomic E-state index is -0.896. The van der Waals surface area contributed by atoms with Gasteiger partial charge in [0.2, 0.25) is 0 Å². The Morgan fingerprint density at radius 1 is 1.40 bits per heavy atom. The molecule has 0 atom stereocenters. The first-order valence-electron chi connectivity index (χ1n) is 6.60. The first-order chi connectivity index (χ1) is 9.46. The van der Waals surface area contributed by atoms with Crippen LogP contribution < -0.4 is 5.32 Å². The third-order valence-electron chi connectivity index (χ3n) is 4.02. The molecule has 0 saturated carbocycles. The molecule has 2 heterocycles. The van der Waals surface area contributed by atoms with E-state index in [-0.39, 0.29) is 12.5 Å². The molecule has 0 aliphatic carbocycles. The van der Waals surface area contributed by atoms with Crippen molar-refractivity contribution in [1.29, 1.82) is 0 Å². The molecule has 2 N–H and O–H groups in total. The number of rotatable bonds is 4. The summed E-state index contributed by atoms with van der Waals surface area (Å²) >= 11 is 1.53. The monoisotopic (exact) mass is 297 g/mol. The van der Waals surface area contributed by atoms with E-state index in [0.29, 0.717) is 31.6 Å². The van der Waals surface area contributed by atoms with Gasteiger partial charge < -0.3 is 15.2 Å². The quantitative estimate of drug-likeness (QED) is 0.891. The molecule has 1 aromatic heterocycles. The second-order valence-corrected chi connectivity index (χ2v) is 6.29. The summed E-state index contributed by atoms with van der Waals surface area (Å²) in [7, 11) is 0. The van der Waals surface area contributed by atoms with Gasteiger partial charge in [0, 0.05) is 30.0 Å². The Morgan fingerprint density at radius 2 is 2.05 bits per heavy atom. The van der Waals surface area contributed by atoms with Gasteiger partial charge in [-0.3, -0.25) is 9.59 Å². The van der Waals surface area contributed by atoms with E-state index in [9.17, 15) is 14.7 Å². The lowest BCUT2D eigenvalue weighted by Crippen LogP contribution is -2.46. The van der Waals surface area contributed by atoms with Crippen LogP contribution in [0.25, 0.3) is 0 Å². The molecule has 1 fully saturated rings. The number of ether oxygens (including phenoxy) is 1. The predicted molar refractivity (Wildman–Crippen MR) is 76.2 cm³/mol. The first-order valence-corrected chi connectivity index (χ1v) is 7.48. The fourth-order valence-corrected chi connectivity index (χ4v) is 3.18. The SMILES string of the molecule is Cc1scc(C(=O)NCC2(C(=O)O)CCOCC2)c1C. The topological polar surface area (TPSA) is 75.6 Å². The van der Waals surface area contributed by atoms with Crippen LogP contribution in [0.2, 0.25) is 0 Å². The summed E-state index contributed by atoms with van der Waals surface area (Å²) in [6.45, 7) is 4.88. The van der Waals surface area contributed by atoms with E-state index in [1.54, 1.807) is 0 Å². The number of amides is 1. The number of carbonyl (C=O) groups is 2. The average molecular weight is 297 g/mol. The van der Waals surface area contributed by atoms with Gasteiger partial charge in [-0.2, -0.15) is 0 Å². The minimum Gasteiger partial charge on any atom is -0.481 e. The highest BCUT2D eigenvalue weighted by Gasteiger charge is 2.40. The van der Waals surface area contributed by atoms with Crippen LogP contribution in [0.3, 0.4) is 0 Å². The van der Waals surface area contributed by atoms with Crippen molar-refractivity contribution in [3.05, 3.63) is 21.4 Å².